The van der Waals surface area contributed by atoms with Gasteiger partial charge in [0.15, 0.2) is 0 Å². The maximum atomic E-state index is 12.0. The molecule has 0 bridgehead atoms. The van der Waals surface area contributed by atoms with Crippen LogP contribution in [0.3, 0.4) is 0 Å². The van der Waals surface area contributed by atoms with Crippen molar-refractivity contribution >= 4 is 40.9 Å². The van der Waals surface area contributed by atoms with Crippen LogP contribution in [0, 0.1) is 0 Å². The normalized spacial score (nSPS) is 10.6. The Bertz CT molecular complexity index is 722. The highest BCUT2D eigenvalue weighted by Crippen LogP contribution is 2.29. The van der Waals surface area contributed by atoms with E-state index in [1.165, 1.54) is 6.08 Å². The van der Waals surface area contributed by atoms with Crippen molar-refractivity contribution in [2.24, 2.45) is 0 Å². The Labute approximate surface area is 144 Å². The lowest BCUT2D eigenvalue weighted by Crippen LogP contribution is -2.07. The number of hydrogen-bond acceptors (Lipinski definition) is 3. The summed E-state index contributed by atoms with van der Waals surface area (Å²) >= 11 is 11.8. The molecule has 1 amide bonds. The highest BCUT2D eigenvalue weighted by Gasteiger charge is 2.07. The molecule has 4 nitrogen and oxygen atoms in total. The summed E-state index contributed by atoms with van der Waals surface area (Å²) in [6.45, 7) is 0. The number of hydrogen-bond donors (Lipinski definition) is 1. The first-order valence-corrected chi connectivity index (χ1v) is 7.46. The van der Waals surface area contributed by atoms with Crippen molar-refractivity contribution in [3.05, 3.63) is 58.1 Å². The molecule has 1 N–H and O–H groups in total. The second-order valence-corrected chi connectivity index (χ2v) is 5.34. The number of ether oxygens (including phenoxy) is 2. The average Bonchev–Trinajstić information content (AvgIpc) is 2.55. The van der Waals surface area contributed by atoms with Crippen LogP contribution in [0.1, 0.15) is 5.56 Å². The SMILES string of the molecule is COc1cccc(OC)c1/C=C/C(=O)Nc1ccc(Cl)c(Cl)c1. The third kappa shape index (κ3) is 4.41. The van der Waals surface area contributed by atoms with E-state index in [9.17, 15) is 4.79 Å². The largest absolute Gasteiger partial charge is 0.496 e. The first-order valence-electron chi connectivity index (χ1n) is 6.70. The predicted molar refractivity (Wildman–Crippen MR) is 93.7 cm³/mol. The van der Waals surface area contributed by atoms with Crippen LogP contribution in [0.2, 0.25) is 10.0 Å². The fourth-order valence-electron chi connectivity index (χ4n) is 1.96. The van der Waals surface area contributed by atoms with E-state index in [2.05, 4.69) is 5.32 Å². The Morgan fingerprint density at radius 2 is 1.70 bits per heavy atom. The van der Waals surface area contributed by atoms with Crippen LogP contribution in [0.5, 0.6) is 11.5 Å². The van der Waals surface area contributed by atoms with E-state index in [-0.39, 0.29) is 5.91 Å². The Morgan fingerprint density at radius 1 is 1.04 bits per heavy atom. The molecule has 2 aromatic rings. The number of benzene rings is 2. The van der Waals surface area contributed by atoms with Crippen LogP contribution >= 0.6 is 23.2 Å². The molecule has 2 aromatic carbocycles. The molecule has 0 atom stereocenters. The minimum atomic E-state index is -0.309. The first-order chi connectivity index (χ1) is 11.0. The molecule has 0 fully saturated rings. The van der Waals surface area contributed by atoms with E-state index in [0.717, 1.165) is 0 Å². The fraction of sp³-hybridized carbons (Fsp3) is 0.118. The molecular formula is C17H15Cl2NO3. The van der Waals surface area contributed by atoms with Crippen LogP contribution < -0.4 is 14.8 Å². The van der Waals surface area contributed by atoms with E-state index >= 15 is 0 Å². The van der Waals surface area contributed by atoms with Crippen LogP contribution in [-0.4, -0.2) is 20.1 Å². The summed E-state index contributed by atoms with van der Waals surface area (Å²) in [4.78, 5) is 12.0. The van der Waals surface area contributed by atoms with Gasteiger partial charge in [0.25, 0.3) is 0 Å². The lowest BCUT2D eigenvalue weighted by molar-refractivity contribution is -0.111. The highest BCUT2D eigenvalue weighted by molar-refractivity contribution is 6.42. The average molecular weight is 352 g/mol. The zero-order valence-corrected chi connectivity index (χ0v) is 14.1. The van der Waals surface area contributed by atoms with E-state index in [0.29, 0.717) is 32.8 Å². The molecule has 0 unspecified atom stereocenters. The standard InChI is InChI=1S/C17H15Cl2NO3/c1-22-15-4-3-5-16(23-2)12(15)7-9-17(21)20-11-6-8-13(18)14(19)10-11/h3-10H,1-2H3,(H,20,21)/b9-7+. The summed E-state index contributed by atoms with van der Waals surface area (Å²) in [6, 6.07) is 10.3. The monoisotopic (exact) mass is 351 g/mol. The van der Waals surface area contributed by atoms with E-state index in [1.807, 2.05) is 6.07 Å². The molecule has 0 heterocycles. The molecule has 6 heteroatoms. The smallest absolute Gasteiger partial charge is 0.248 e. The Morgan fingerprint density at radius 3 is 2.26 bits per heavy atom. The summed E-state index contributed by atoms with van der Waals surface area (Å²) in [6.07, 6.45) is 3.02. The minimum absolute atomic E-state index is 0.309. The lowest BCUT2D eigenvalue weighted by Gasteiger charge is -2.09. The maximum absolute atomic E-state index is 12.0. The van der Waals surface area contributed by atoms with Gasteiger partial charge >= 0.3 is 0 Å². The van der Waals surface area contributed by atoms with Gasteiger partial charge in [-0.25, -0.2) is 0 Å². The number of carbonyl (C=O) groups excluding carboxylic acids is 1. The van der Waals surface area contributed by atoms with Gasteiger partial charge in [0.05, 0.1) is 29.8 Å². The van der Waals surface area contributed by atoms with Crippen LogP contribution in [-0.2, 0) is 4.79 Å². The van der Waals surface area contributed by atoms with Crippen molar-refractivity contribution in [1.29, 1.82) is 0 Å². The molecule has 2 rings (SSSR count). The number of methoxy groups -OCH3 is 2. The quantitative estimate of drug-likeness (QED) is 0.796. The summed E-state index contributed by atoms with van der Waals surface area (Å²) < 4.78 is 10.5. The zero-order valence-electron chi connectivity index (χ0n) is 12.6. The number of amides is 1. The van der Waals surface area contributed by atoms with Gasteiger partial charge in [0.1, 0.15) is 11.5 Å². The van der Waals surface area contributed by atoms with Crippen molar-refractivity contribution in [2.45, 2.75) is 0 Å². The molecule has 0 aliphatic carbocycles. The third-order valence-electron chi connectivity index (χ3n) is 3.05. The summed E-state index contributed by atoms with van der Waals surface area (Å²) in [5.74, 6) is 0.919. The van der Waals surface area contributed by atoms with E-state index in [1.54, 1.807) is 50.6 Å². The maximum Gasteiger partial charge on any atom is 0.248 e. The number of nitrogens with one attached hydrogen (secondary N) is 1. The number of halogens is 2. The molecule has 0 radical (unpaired) electrons. The molecule has 0 saturated heterocycles. The number of rotatable bonds is 5. The third-order valence-corrected chi connectivity index (χ3v) is 3.79. The van der Waals surface area contributed by atoms with Crippen LogP contribution in [0.15, 0.2) is 42.5 Å². The van der Waals surface area contributed by atoms with Crippen molar-refractivity contribution in [1.82, 2.24) is 0 Å². The minimum Gasteiger partial charge on any atom is -0.496 e. The first kappa shape index (κ1) is 17.2. The number of carbonyl (C=O) groups is 1. The molecule has 0 aliphatic heterocycles. The zero-order chi connectivity index (χ0) is 16.8. The fourth-order valence-corrected chi connectivity index (χ4v) is 2.26. The summed E-state index contributed by atoms with van der Waals surface area (Å²) in [7, 11) is 3.11. The van der Waals surface area contributed by atoms with Gasteiger partial charge < -0.3 is 14.8 Å². The predicted octanol–water partition coefficient (Wildman–Crippen LogP) is 4.66. The molecule has 23 heavy (non-hydrogen) atoms. The molecule has 0 aliphatic rings. The van der Waals surface area contributed by atoms with E-state index in [4.69, 9.17) is 32.7 Å². The molecule has 0 aromatic heterocycles. The van der Waals surface area contributed by atoms with Crippen molar-refractivity contribution in [3.63, 3.8) is 0 Å². The van der Waals surface area contributed by atoms with Gasteiger partial charge in [-0.1, -0.05) is 29.3 Å². The van der Waals surface area contributed by atoms with Crippen molar-refractivity contribution in [2.75, 3.05) is 19.5 Å². The second-order valence-electron chi connectivity index (χ2n) is 4.53. The van der Waals surface area contributed by atoms with Crippen LogP contribution in [0.25, 0.3) is 6.08 Å². The van der Waals surface area contributed by atoms with E-state index < -0.39 is 0 Å². The van der Waals surface area contributed by atoms with Gasteiger partial charge in [-0.05, 0) is 36.4 Å². The van der Waals surface area contributed by atoms with Gasteiger partial charge in [-0.15, -0.1) is 0 Å². The van der Waals surface area contributed by atoms with Gasteiger partial charge in [0, 0.05) is 11.8 Å². The molecular weight excluding hydrogens is 337 g/mol. The topological polar surface area (TPSA) is 47.6 Å². The van der Waals surface area contributed by atoms with Gasteiger partial charge in [0.2, 0.25) is 5.91 Å². The Kier molecular flexibility index (Phi) is 5.90. The lowest BCUT2D eigenvalue weighted by atomic mass is 10.1. The van der Waals surface area contributed by atoms with Gasteiger partial charge in [-0.3, -0.25) is 4.79 Å². The number of anilines is 1. The highest BCUT2D eigenvalue weighted by atomic mass is 35.5. The Balaban J connectivity index is 2.16. The van der Waals surface area contributed by atoms with Crippen LogP contribution in [0.4, 0.5) is 5.69 Å². The summed E-state index contributed by atoms with van der Waals surface area (Å²) in [5.41, 5.74) is 1.24. The summed E-state index contributed by atoms with van der Waals surface area (Å²) in [5, 5.41) is 3.51. The molecule has 120 valence electrons. The van der Waals surface area contributed by atoms with Crippen molar-refractivity contribution < 1.29 is 14.3 Å². The molecule has 0 saturated carbocycles. The van der Waals surface area contributed by atoms with Crippen molar-refractivity contribution in [3.8, 4) is 11.5 Å². The van der Waals surface area contributed by atoms with Gasteiger partial charge in [-0.2, -0.15) is 0 Å². The molecule has 0 spiro atoms. The second kappa shape index (κ2) is 7.90. The Hall–Kier alpha value is -2.17.